The lowest BCUT2D eigenvalue weighted by atomic mass is 10.6. The Bertz CT molecular complexity index is 167. The Morgan fingerprint density at radius 2 is 1.80 bits per heavy atom. The maximum absolute atomic E-state index is 9.47. The summed E-state index contributed by atoms with van der Waals surface area (Å²) in [6.45, 7) is 3.09. The molecule has 0 bridgehead atoms. The third kappa shape index (κ3) is 27.6. The molecule has 0 aliphatic rings. The predicted octanol–water partition coefficient (Wildman–Crippen LogP) is -1.94. The summed E-state index contributed by atoms with van der Waals surface area (Å²) < 4.78 is 21.3. The quantitative estimate of drug-likeness (QED) is 0.252. The summed E-state index contributed by atoms with van der Waals surface area (Å²) in [4.78, 5) is 9.47. The van der Waals surface area contributed by atoms with E-state index >= 15 is 0 Å². The zero-order chi connectivity index (χ0) is 8.57. The van der Waals surface area contributed by atoms with Gasteiger partial charge < -0.3 is 5.73 Å². The van der Waals surface area contributed by atoms with E-state index in [1.807, 2.05) is 0 Å². The fourth-order valence-electron chi connectivity index (χ4n) is 0. The molecule has 0 aliphatic heterocycles. The van der Waals surface area contributed by atoms with Gasteiger partial charge in [0.05, 0.1) is 0 Å². The minimum atomic E-state index is -2.82. The molecule has 0 fully saturated rings. The van der Waals surface area contributed by atoms with Crippen LogP contribution < -0.4 is 11.6 Å². The molecule has 6 nitrogen and oxygen atoms in total. The first-order valence-corrected chi connectivity index (χ1v) is 3.07. The van der Waals surface area contributed by atoms with Crippen LogP contribution in [0, 0.1) is 0 Å². The molecule has 0 heterocycles. The molecule has 0 saturated carbocycles. The van der Waals surface area contributed by atoms with Gasteiger partial charge in [0.15, 0.2) is 0 Å². The van der Waals surface area contributed by atoms with E-state index in [-0.39, 0.29) is 0 Å². The summed E-state index contributed by atoms with van der Waals surface area (Å²) in [5.74, 6) is 3.59. The van der Waals surface area contributed by atoms with Gasteiger partial charge in [0.25, 0.3) is 11.0 Å². The summed E-state index contributed by atoms with van der Waals surface area (Å²) in [5.41, 5.74) is 4.53. The number of thiol groups is 1. The molecule has 10 heavy (non-hydrogen) atoms. The van der Waals surface area contributed by atoms with Gasteiger partial charge in [-0.2, -0.15) is 10.2 Å². The lowest BCUT2D eigenvalue weighted by molar-refractivity contribution is -0.113. The molecule has 1 amide bonds. The van der Waals surface area contributed by atoms with Gasteiger partial charge in [-0.1, -0.05) is 6.58 Å². The first-order valence-electron chi connectivity index (χ1n) is 1.97. The average molecular weight is 168 g/mol. The standard InChI is InChI=1S/C3H5NO.H3NO3S/c1-2-3(4)5;1-4-5(2)3/h2H,1H2,(H2,4,5);5H,1H2. The molecule has 7 heteroatoms. The van der Waals surface area contributed by atoms with E-state index in [9.17, 15) is 4.79 Å². The molecule has 0 unspecified atom stereocenters. The maximum Gasteiger partial charge on any atom is 0.272 e. The van der Waals surface area contributed by atoms with Gasteiger partial charge in [-0.15, -0.1) is 0 Å². The highest BCUT2D eigenvalue weighted by atomic mass is 32.2. The number of carbonyl (C=O) groups is 1. The summed E-state index contributed by atoms with van der Waals surface area (Å²) >= 11 is 0. The minimum absolute atomic E-state index is 0.481. The van der Waals surface area contributed by atoms with Crippen molar-refractivity contribution in [1.82, 2.24) is 0 Å². The van der Waals surface area contributed by atoms with Crippen LogP contribution in [0.3, 0.4) is 0 Å². The van der Waals surface area contributed by atoms with Crippen molar-refractivity contribution >= 4 is 16.9 Å². The first kappa shape index (κ1) is 11.8. The molecule has 0 aliphatic carbocycles. The lowest BCUT2D eigenvalue weighted by Gasteiger charge is -1.66. The predicted molar refractivity (Wildman–Crippen MR) is 35.0 cm³/mol. The van der Waals surface area contributed by atoms with E-state index < -0.39 is 16.9 Å². The summed E-state index contributed by atoms with van der Waals surface area (Å²) in [5, 5.41) is 0. The van der Waals surface area contributed by atoms with E-state index in [0.717, 1.165) is 6.08 Å². The molecular formula is C3H8N2O4S. The second-order valence-electron chi connectivity index (χ2n) is 0.936. The van der Waals surface area contributed by atoms with Gasteiger partial charge >= 0.3 is 0 Å². The highest BCUT2D eigenvalue weighted by Crippen LogP contribution is 1.48. The van der Waals surface area contributed by atoms with Crippen LogP contribution in [0.1, 0.15) is 0 Å². The smallest absolute Gasteiger partial charge is 0.272 e. The molecule has 0 spiro atoms. The highest BCUT2D eigenvalue weighted by molar-refractivity contribution is 7.67. The van der Waals surface area contributed by atoms with Gasteiger partial charge in [0.2, 0.25) is 5.91 Å². The second-order valence-corrected chi connectivity index (χ2v) is 1.59. The summed E-state index contributed by atoms with van der Waals surface area (Å²) in [7, 11) is -2.82. The van der Waals surface area contributed by atoms with Crippen LogP contribution in [0.5, 0.6) is 0 Å². The van der Waals surface area contributed by atoms with Crippen molar-refractivity contribution in [3.63, 3.8) is 0 Å². The molecular weight excluding hydrogens is 160 g/mol. The fraction of sp³-hybridized carbons (Fsp3) is 0. The Hall–Kier alpha value is -0.920. The van der Waals surface area contributed by atoms with Crippen molar-refractivity contribution in [2.75, 3.05) is 0 Å². The molecule has 0 aromatic heterocycles. The average Bonchev–Trinajstić information content (AvgIpc) is 1.89. The van der Waals surface area contributed by atoms with E-state index in [1.165, 1.54) is 0 Å². The number of nitrogens with two attached hydrogens (primary N) is 2. The molecule has 0 atom stereocenters. The number of rotatable bonds is 2. The van der Waals surface area contributed by atoms with Crippen LogP contribution in [0.2, 0.25) is 0 Å². The van der Waals surface area contributed by atoms with Crippen LogP contribution in [-0.4, -0.2) is 14.3 Å². The number of amides is 1. The zero-order valence-corrected chi connectivity index (χ0v) is 5.91. The van der Waals surface area contributed by atoms with E-state index in [0.29, 0.717) is 0 Å². The zero-order valence-electron chi connectivity index (χ0n) is 5.02. The van der Waals surface area contributed by atoms with Crippen molar-refractivity contribution in [3.8, 4) is 0 Å². The molecule has 4 N–H and O–H groups in total. The van der Waals surface area contributed by atoms with Gasteiger partial charge in [-0.3, -0.25) is 4.79 Å². The van der Waals surface area contributed by atoms with E-state index in [4.69, 9.17) is 8.42 Å². The van der Waals surface area contributed by atoms with Gasteiger partial charge in [0, 0.05) is 0 Å². The van der Waals surface area contributed by atoms with Gasteiger partial charge in [-0.05, 0) is 6.08 Å². The summed E-state index contributed by atoms with van der Waals surface area (Å²) in [6, 6.07) is 0. The Kier molecular flexibility index (Phi) is 9.56. The van der Waals surface area contributed by atoms with Crippen LogP contribution in [-0.2, 0) is 20.1 Å². The van der Waals surface area contributed by atoms with Gasteiger partial charge in [-0.25, -0.2) is 8.42 Å². The molecule has 60 valence electrons. The maximum atomic E-state index is 9.47. The van der Waals surface area contributed by atoms with Crippen LogP contribution in [0.25, 0.3) is 0 Å². The van der Waals surface area contributed by atoms with E-state index in [1.54, 1.807) is 0 Å². The Morgan fingerprint density at radius 1 is 1.60 bits per heavy atom. The second kappa shape index (κ2) is 8.08. The van der Waals surface area contributed by atoms with Crippen LogP contribution in [0.15, 0.2) is 12.7 Å². The first-order chi connectivity index (χ1) is 4.54. The number of hydrogen-bond donors (Lipinski definition) is 3. The van der Waals surface area contributed by atoms with Crippen LogP contribution >= 0.6 is 0 Å². The largest absolute Gasteiger partial charge is 0.366 e. The Balaban J connectivity index is 0. The molecule has 0 radical (unpaired) electrons. The van der Waals surface area contributed by atoms with E-state index in [2.05, 4.69) is 22.5 Å². The number of primary amides is 1. The van der Waals surface area contributed by atoms with Crippen molar-refractivity contribution in [1.29, 1.82) is 0 Å². The van der Waals surface area contributed by atoms with Crippen LogP contribution in [0.4, 0.5) is 0 Å². The van der Waals surface area contributed by atoms with Crippen molar-refractivity contribution in [2.24, 2.45) is 11.6 Å². The summed E-state index contributed by atoms with van der Waals surface area (Å²) in [6.07, 6.45) is 1.06. The van der Waals surface area contributed by atoms with Crippen molar-refractivity contribution < 1.29 is 17.5 Å². The molecule has 0 saturated heterocycles. The molecule has 0 aromatic carbocycles. The van der Waals surface area contributed by atoms with Crippen molar-refractivity contribution in [3.05, 3.63) is 12.7 Å². The number of hydrogen-bond acceptors (Lipinski definition) is 5. The Labute approximate surface area is 59.6 Å². The molecule has 0 rings (SSSR count). The minimum Gasteiger partial charge on any atom is -0.366 e. The van der Waals surface area contributed by atoms with Crippen molar-refractivity contribution in [2.45, 2.75) is 0 Å². The highest BCUT2D eigenvalue weighted by Gasteiger charge is 1.69. The third-order valence-corrected chi connectivity index (χ3v) is 0.459. The fourth-order valence-corrected chi connectivity index (χ4v) is 0. The third-order valence-electron chi connectivity index (χ3n) is 0.287. The number of carbonyl (C=O) groups excluding carboxylic acids is 1. The normalized spacial score (nSPS) is 7.80. The lowest BCUT2D eigenvalue weighted by Crippen LogP contribution is -2.04. The molecule has 0 aromatic rings. The Morgan fingerprint density at radius 3 is 1.80 bits per heavy atom. The van der Waals surface area contributed by atoms with Gasteiger partial charge in [0.1, 0.15) is 0 Å². The monoisotopic (exact) mass is 168 g/mol. The SMILES string of the molecule is C=CC(N)=O.NO[SH](=O)=O. The topological polar surface area (TPSA) is 112 Å².